The Labute approximate surface area is 138 Å². The van der Waals surface area contributed by atoms with Crippen molar-refractivity contribution in [3.8, 4) is 0 Å². The molecular formula is C21H24O2. The summed E-state index contributed by atoms with van der Waals surface area (Å²) in [6.45, 7) is 3.86. The van der Waals surface area contributed by atoms with E-state index in [0.717, 1.165) is 11.1 Å². The van der Waals surface area contributed by atoms with Crippen molar-refractivity contribution in [2.24, 2.45) is 11.8 Å². The van der Waals surface area contributed by atoms with Gasteiger partial charge in [0.15, 0.2) is 0 Å². The Kier molecular flexibility index (Phi) is 6.28. The second kappa shape index (κ2) is 8.42. The van der Waals surface area contributed by atoms with Crippen LogP contribution in [0.1, 0.15) is 31.4 Å². The molecule has 0 aliphatic heterocycles. The fourth-order valence-electron chi connectivity index (χ4n) is 2.74. The van der Waals surface area contributed by atoms with Crippen LogP contribution in [-0.4, -0.2) is 11.6 Å². The van der Waals surface area contributed by atoms with Gasteiger partial charge in [-0.3, -0.25) is 9.59 Å². The van der Waals surface area contributed by atoms with Gasteiger partial charge in [0.25, 0.3) is 0 Å². The van der Waals surface area contributed by atoms with Crippen LogP contribution in [0, 0.1) is 11.8 Å². The summed E-state index contributed by atoms with van der Waals surface area (Å²) in [5.41, 5.74) is 2.07. The highest BCUT2D eigenvalue weighted by Crippen LogP contribution is 2.18. The van der Waals surface area contributed by atoms with Crippen LogP contribution < -0.4 is 0 Å². The number of hydrogen-bond acceptors (Lipinski definition) is 2. The third-order valence-corrected chi connectivity index (χ3v) is 4.25. The van der Waals surface area contributed by atoms with E-state index in [2.05, 4.69) is 0 Å². The number of carbonyl (C=O) groups is 2. The van der Waals surface area contributed by atoms with E-state index in [1.54, 1.807) is 0 Å². The van der Waals surface area contributed by atoms with Crippen LogP contribution in [0.2, 0.25) is 0 Å². The van der Waals surface area contributed by atoms with Crippen molar-refractivity contribution >= 4 is 11.6 Å². The largest absolute Gasteiger partial charge is 0.299 e. The van der Waals surface area contributed by atoms with E-state index in [4.69, 9.17) is 0 Å². The second-order valence-electron chi connectivity index (χ2n) is 6.30. The predicted molar refractivity (Wildman–Crippen MR) is 93.3 cm³/mol. The molecule has 23 heavy (non-hydrogen) atoms. The molecule has 0 aliphatic rings. The number of rotatable bonds is 8. The molecule has 2 unspecified atom stereocenters. The molecule has 2 nitrogen and oxygen atoms in total. The Morgan fingerprint density at radius 1 is 0.696 bits per heavy atom. The Morgan fingerprint density at radius 2 is 1.04 bits per heavy atom. The molecule has 2 rings (SSSR count). The molecule has 0 amide bonds. The van der Waals surface area contributed by atoms with Crippen LogP contribution in [0.25, 0.3) is 0 Å². The molecule has 0 fully saturated rings. The number of ketones is 2. The molecule has 0 aromatic heterocycles. The van der Waals surface area contributed by atoms with Crippen molar-refractivity contribution in [2.45, 2.75) is 33.1 Å². The zero-order valence-electron chi connectivity index (χ0n) is 13.9. The van der Waals surface area contributed by atoms with Crippen LogP contribution in [0.3, 0.4) is 0 Å². The summed E-state index contributed by atoms with van der Waals surface area (Å²) in [7, 11) is 0. The van der Waals surface area contributed by atoms with Gasteiger partial charge in [0.05, 0.1) is 0 Å². The molecule has 0 aliphatic carbocycles. The van der Waals surface area contributed by atoms with E-state index >= 15 is 0 Å². The van der Waals surface area contributed by atoms with E-state index in [9.17, 15) is 9.59 Å². The highest BCUT2D eigenvalue weighted by atomic mass is 16.1. The topological polar surface area (TPSA) is 34.1 Å². The van der Waals surface area contributed by atoms with Crippen LogP contribution in [-0.2, 0) is 22.4 Å². The molecule has 0 spiro atoms. The maximum atomic E-state index is 12.3. The second-order valence-corrected chi connectivity index (χ2v) is 6.30. The van der Waals surface area contributed by atoms with Gasteiger partial charge < -0.3 is 0 Å². The Morgan fingerprint density at radius 3 is 1.39 bits per heavy atom. The molecule has 0 saturated carbocycles. The minimum Gasteiger partial charge on any atom is -0.299 e. The minimum absolute atomic E-state index is 0.0927. The van der Waals surface area contributed by atoms with Crippen molar-refractivity contribution in [3.05, 3.63) is 71.8 Å². The standard InChI is InChI=1S/C21H24O2/c1-16(20(22)14-18-9-5-3-6-10-18)13-17(2)21(23)15-19-11-7-4-8-12-19/h3-12,16-17H,13-15H2,1-2H3. The summed E-state index contributed by atoms with van der Waals surface area (Å²) in [5.74, 6) is 0.223. The van der Waals surface area contributed by atoms with Crippen molar-refractivity contribution in [3.63, 3.8) is 0 Å². The Balaban J connectivity index is 1.85. The van der Waals surface area contributed by atoms with Gasteiger partial charge in [-0.05, 0) is 17.5 Å². The molecule has 120 valence electrons. The van der Waals surface area contributed by atoms with Gasteiger partial charge >= 0.3 is 0 Å². The van der Waals surface area contributed by atoms with Crippen molar-refractivity contribution in [2.75, 3.05) is 0 Å². The van der Waals surface area contributed by atoms with Crippen molar-refractivity contribution in [1.29, 1.82) is 0 Å². The van der Waals surface area contributed by atoms with Crippen LogP contribution >= 0.6 is 0 Å². The van der Waals surface area contributed by atoms with Gasteiger partial charge in [0, 0.05) is 24.7 Å². The van der Waals surface area contributed by atoms with Crippen LogP contribution in [0.4, 0.5) is 0 Å². The predicted octanol–water partition coefficient (Wildman–Crippen LogP) is 4.27. The van der Waals surface area contributed by atoms with E-state index in [1.165, 1.54) is 0 Å². The SMILES string of the molecule is CC(CC(C)C(=O)Cc1ccccc1)C(=O)Cc1ccccc1. The lowest BCUT2D eigenvalue weighted by Gasteiger charge is -2.16. The van der Waals surface area contributed by atoms with Gasteiger partial charge in [-0.1, -0.05) is 74.5 Å². The van der Waals surface area contributed by atoms with Crippen molar-refractivity contribution < 1.29 is 9.59 Å². The fraction of sp³-hybridized carbons (Fsp3) is 0.333. The lowest BCUT2D eigenvalue weighted by molar-refractivity contribution is -0.124. The smallest absolute Gasteiger partial charge is 0.140 e. The van der Waals surface area contributed by atoms with E-state index < -0.39 is 0 Å². The minimum atomic E-state index is -0.0927. The molecule has 0 radical (unpaired) electrons. The highest BCUT2D eigenvalue weighted by molar-refractivity contribution is 5.86. The third kappa shape index (κ3) is 5.48. The molecule has 0 N–H and O–H groups in total. The highest BCUT2D eigenvalue weighted by Gasteiger charge is 2.21. The van der Waals surface area contributed by atoms with Gasteiger partial charge in [-0.2, -0.15) is 0 Å². The Bertz CT molecular complexity index is 574. The van der Waals surface area contributed by atoms with Crippen molar-refractivity contribution in [1.82, 2.24) is 0 Å². The molecule has 0 bridgehead atoms. The number of benzene rings is 2. The van der Waals surface area contributed by atoms with Crippen LogP contribution in [0.15, 0.2) is 60.7 Å². The fourth-order valence-corrected chi connectivity index (χ4v) is 2.74. The molecule has 2 aromatic carbocycles. The Hall–Kier alpha value is -2.22. The molecule has 2 atom stereocenters. The maximum absolute atomic E-state index is 12.3. The lowest BCUT2D eigenvalue weighted by atomic mass is 9.87. The normalized spacial score (nSPS) is 13.3. The number of Topliss-reactive ketones (excluding diaryl/α,β-unsaturated/α-hetero) is 2. The molecule has 0 saturated heterocycles. The first kappa shape index (κ1) is 17.1. The first-order valence-corrected chi connectivity index (χ1v) is 8.19. The third-order valence-electron chi connectivity index (χ3n) is 4.25. The number of carbonyl (C=O) groups excluding carboxylic acids is 2. The average Bonchev–Trinajstić information content (AvgIpc) is 2.56. The van der Waals surface area contributed by atoms with Gasteiger partial charge in [0.1, 0.15) is 11.6 Å². The molecule has 2 aromatic rings. The summed E-state index contributed by atoms with van der Waals surface area (Å²) in [6, 6.07) is 19.5. The molecule has 2 heteroatoms. The monoisotopic (exact) mass is 308 g/mol. The van der Waals surface area contributed by atoms with E-state index in [0.29, 0.717) is 19.3 Å². The van der Waals surface area contributed by atoms with Gasteiger partial charge in [0.2, 0.25) is 0 Å². The first-order chi connectivity index (χ1) is 11.1. The summed E-state index contributed by atoms with van der Waals surface area (Å²) in [5, 5.41) is 0. The van der Waals surface area contributed by atoms with Gasteiger partial charge in [-0.15, -0.1) is 0 Å². The summed E-state index contributed by atoms with van der Waals surface area (Å²) >= 11 is 0. The molecule has 0 heterocycles. The summed E-state index contributed by atoms with van der Waals surface area (Å²) in [4.78, 5) is 24.6. The average molecular weight is 308 g/mol. The number of hydrogen-bond donors (Lipinski definition) is 0. The van der Waals surface area contributed by atoms with E-state index in [1.807, 2.05) is 74.5 Å². The molecular weight excluding hydrogens is 284 g/mol. The quantitative estimate of drug-likeness (QED) is 0.729. The summed E-state index contributed by atoms with van der Waals surface area (Å²) < 4.78 is 0. The van der Waals surface area contributed by atoms with Gasteiger partial charge in [-0.25, -0.2) is 0 Å². The summed E-state index contributed by atoms with van der Waals surface area (Å²) in [6.07, 6.45) is 1.51. The maximum Gasteiger partial charge on any atom is 0.140 e. The lowest BCUT2D eigenvalue weighted by Crippen LogP contribution is -2.21. The first-order valence-electron chi connectivity index (χ1n) is 8.19. The zero-order valence-corrected chi connectivity index (χ0v) is 13.9. The van der Waals surface area contributed by atoms with E-state index in [-0.39, 0.29) is 23.4 Å². The van der Waals surface area contributed by atoms with Crippen LogP contribution in [0.5, 0.6) is 0 Å². The zero-order chi connectivity index (χ0) is 16.7.